The summed E-state index contributed by atoms with van der Waals surface area (Å²) in [5.41, 5.74) is 0.979. The van der Waals surface area contributed by atoms with E-state index in [9.17, 15) is 14.0 Å². The molecule has 1 aliphatic rings. The van der Waals surface area contributed by atoms with E-state index in [4.69, 9.17) is 4.74 Å². The van der Waals surface area contributed by atoms with Crippen LogP contribution in [0.15, 0.2) is 24.3 Å². The standard InChI is InChI=1S/C22H28FN3O3S/c1-14-18(30-19(25-14)16-5-7-17(23)8-6-16)20(27)26-11-9-15(10-12-26)13-24-21(28)29-22(2,3)4/h5-8,15H,9-13H2,1-4H3,(H,24,28). The molecule has 0 radical (unpaired) electrons. The number of carbonyl (C=O) groups excluding carboxylic acids is 2. The third kappa shape index (κ3) is 5.78. The van der Waals surface area contributed by atoms with Crippen molar-refractivity contribution in [3.8, 4) is 10.6 Å². The molecule has 2 amide bonds. The number of thiazole rings is 1. The molecule has 6 nitrogen and oxygen atoms in total. The molecule has 0 saturated carbocycles. The minimum atomic E-state index is -0.515. The smallest absolute Gasteiger partial charge is 0.407 e. The van der Waals surface area contributed by atoms with Gasteiger partial charge in [0.25, 0.3) is 5.91 Å². The average molecular weight is 434 g/mol. The van der Waals surface area contributed by atoms with Crippen LogP contribution in [0, 0.1) is 18.7 Å². The third-order valence-corrected chi connectivity index (χ3v) is 6.11. The Morgan fingerprint density at radius 1 is 1.23 bits per heavy atom. The minimum absolute atomic E-state index is 0.0167. The highest BCUT2D eigenvalue weighted by Gasteiger charge is 2.27. The molecule has 0 spiro atoms. The molecule has 162 valence electrons. The van der Waals surface area contributed by atoms with Gasteiger partial charge < -0.3 is 15.0 Å². The summed E-state index contributed by atoms with van der Waals surface area (Å²) in [5.74, 6) is 0.00294. The highest BCUT2D eigenvalue weighted by molar-refractivity contribution is 7.17. The zero-order valence-electron chi connectivity index (χ0n) is 17.8. The highest BCUT2D eigenvalue weighted by atomic mass is 32.1. The lowest BCUT2D eigenvalue weighted by molar-refractivity contribution is 0.0500. The minimum Gasteiger partial charge on any atom is -0.444 e. The number of halogens is 1. The van der Waals surface area contributed by atoms with Gasteiger partial charge in [-0.05, 0) is 70.7 Å². The van der Waals surface area contributed by atoms with Gasteiger partial charge in [0, 0.05) is 25.2 Å². The molecule has 2 aromatic rings. The maximum absolute atomic E-state index is 13.2. The largest absolute Gasteiger partial charge is 0.444 e. The summed E-state index contributed by atoms with van der Waals surface area (Å²) in [5, 5.41) is 3.54. The Kier molecular flexibility index (Phi) is 6.75. The molecule has 2 heterocycles. The van der Waals surface area contributed by atoms with Gasteiger partial charge in [0.1, 0.15) is 21.3 Å². The monoisotopic (exact) mass is 433 g/mol. The third-order valence-electron chi connectivity index (χ3n) is 4.92. The van der Waals surface area contributed by atoms with Crippen LogP contribution >= 0.6 is 11.3 Å². The molecule has 1 saturated heterocycles. The number of benzene rings is 1. The number of hydrogen-bond donors (Lipinski definition) is 1. The lowest BCUT2D eigenvalue weighted by atomic mass is 9.96. The lowest BCUT2D eigenvalue weighted by Gasteiger charge is -2.32. The fourth-order valence-electron chi connectivity index (χ4n) is 3.34. The molecule has 0 bridgehead atoms. The zero-order valence-corrected chi connectivity index (χ0v) is 18.6. The number of nitrogens with one attached hydrogen (secondary N) is 1. The van der Waals surface area contributed by atoms with E-state index in [1.54, 1.807) is 12.1 Å². The van der Waals surface area contributed by atoms with Crippen LogP contribution in [0.2, 0.25) is 0 Å². The van der Waals surface area contributed by atoms with E-state index in [1.165, 1.54) is 23.5 Å². The number of aryl methyl sites for hydroxylation is 1. The summed E-state index contributed by atoms with van der Waals surface area (Å²) in [7, 11) is 0. The van der Waals surface area contributed by atoms with Gasteiger partial charge in [-0.3, -0.25) is 4.79 Å². The van der Waals surface area contributed by atoms with Crippen LogP contribution in [0.1, 0.15) is 49.0 Å². The second-order valence-electron chi connectivity index (χ2n) is 8.56. The van der Waals surface area contributed by atoms with Crippen molar-refractivity contribution in [3.05, 3.63) is 40.7 Å². The van der Waals surface area contributed by atoms with Gasteiger partial charge in [0.05, 0.1) is 5.69 Å². The maximum Gasteiger partial charge on any atom is 0.407 e. The Bertz CT molecular complexity index is 897. The number of likely N-dealkylation sites (tertiary alicyclic amines) is 1. The molecule has 3 rings (SSSR count). The molecule has 1 aromatic carbocycles. The molecule has 0 atom stereocenters. The van der Waals surface area contributed by atoms with Gasteiger partial charge in [-0.2, -0.15) is 0 Å². The first-order valence-electron chi connectivity index (χ1n) is 10.1. The Hall–Kier alpha value is -2.48. The fourth-order valence-corrected chi connectivity index (χ4v) is 4.38. The van der Waals surface area contributed by atoms with E-state index in [1.807, 2.05) is 32.6 Å². The van der Waals surface area contributed by atoms with Crippen LogP contribution in [-0.2, 0) is 4.74 Å². The molecule has 1 fully saturated rings. The van der Waals surface area contributed by atoms with E-state index in [-0.39, 0.29) is 11.7 Å². The second-order valence-corrected chi connectivity index (χ2v) is 9.56. The van der Waals surface area contributed by atoms with Gasteiger partial charge in [0.2, 0.25) is 0 Å². The van der Waals surface area contributed by atoms with Gasteiger partial charge in [0.15, 0.2) is 0 Å². The van der Waals surface area contributed by atoms with Crippen LogP contribution in [0.4, 0.5) is 9.18 Å². The molecule has 1 aliphatic heterocycles. The molecule has 0 aliphatic carbocycles. The van der Waals surface area contributed by atoms with Crippen molar-refractivity contribution in [1.82, 2.24) is 15.2 Å². The molecule has 30 heavy (non-hydrogen) atoms. The molecular weight excluding hydrogens is 405 g/mol. The van der Waals surface area contributed by atoms with Gasteiger partial charge in [-0.1, -0.05) is 0 Å². The van der Waals surface area contributed by atoms with Crippen LogP contribution in [0.5, 0.6) is 0 Å². The number of amides is 2. The summed E-state index contributed by atoms with van der Waals surface area (Å²) in [6.45, 7) is 9.16. The number of carbonyl (C=O) groups is 2. The summed E-state index contributed by atoms with van der Waals surface area (Å²) in [6.07, 6.45) is 1.24. The lowest BCUT2D eigenvalue weighted by Crippen LogP contribution is -2.42. The van der Waals surface area contributed by atoms with Gasteiger partial charge in [-0.15, -0.1) is 11.3 Å². The Balaban J connectivity index is 1.54. The predicted molar refractivity (Wildman–Crippen MR) is 115 cm³/mol. The van der Waals surface area contributed by atoms with Crippen LogP contribution in [0.3, 0.4) is 0 Å². The zero-order chi connectivity index (χ0) is 21.9. The van der Waals surface area contributed by atoms with Crippen LogP contribution < -0.4 is 5.32 Å². The van der Waals surface area contributed by atoms with Crippen molar-refractivity contribution in [2.24, 2.45) is 5.92 Å². The molecule has 1 N–H and O–H groups in total. The summed E-state index contributed by atoms with van der Waals surface area (Å²) >= 11 is 1.34. The molecule has 8 heteroatoms. The fraction of sp³-hybridized carbons (Fsp3) is 0.500. The average Bonchev–Trinajstić information content (AvgIpc) is 3.07. The topological polar surface area (TPSA) is 71.5 Å². The van der Waals surface area contributed by atoms with Crippen LogP contribution in [-0.4, -0.2) is 47.1 Å². The van der Waals surface area contributed by atoms with Crippen molar-refractivity contribution in [2.45, 2.75) is 46.1 Å². The number of piperidine rings is 1. The first-order chi connectivity index (χ1) is 14.1. The summed E-state index contributed by atoms with van der Waals surface area (Å²) in [6, 6.07) is 6.13. The normalized spacial score (nSPS) is 15.2. The molecule has 0 unspecified atom stereocenters. The quantitative estimate of drug-likeness (QED) is 0.763. The molecule has 1 aromatic heterocycles. The number of aromatic nitrogens is 1. The maximum atomic E-state index is 13.2. The van der Waals surface area contributed by atoms with Crippen molar-refractivity contribution >= 4 is 23.3 Å². The van der Waals surface area contributed by atoms with Crippen molar-refractivity contribution in [1.29, 1.82) is 0 Å². The number of rotatable bonds is 4. The SMILES string of the molecule is Cc1nc(-c2ccc(F)cc2)sc1C(=O)N1CCC(CNC(=O)OC(C)(C)C)CC1. The van der Waals surface area contributed by atoms with Crippen LogP contribution in [0.25, 0.3) is 10.6 Å². The summed E-state index contributed by atoms with van der Waals surface area (Å²) < 4.78 is 18.4. The van der Waals surface area contributed by atoms with E-state index in [0.717, 1.165) is 18.4 Å². The van der Waals surface area contributed by atoms with Crippen molar-refractivity contribution in [2.75, 3.05) is 19.6 Å². The second kappa shape index (κ2) is 9.12. The Labute approximate surface area is 180 Å². The number of hydrogen-bond acceptors (Lipinski definition) is 5. The first-order valence-corrected chi connectivity index (χ1v) is 10.9. The summed E-state index contributed by atoms with van der Waals surface area (Å²) in [4.78, 5) is 31.8. The van der Waals surface area contributed by atoms with Crippen molar-refractivity contribution < 1.29 is 18.7 Å². The molecular formula is C22H28FN3O3S. The van der Waals surface area contributed by atoms with E-state index in [2.05, 4.69) is 10.3 Å². The number of ether oxygens (including phenoxy) is 1. The van der Waals surface area contributed by atoms with E-state index >= 15 is 0 Å². The number of alkyl carbamates (subject to hydrolysis) is 1. The van der Waals surface area contributed by atoms with Gasteiger partial charge >= 0.3 is 6.09 Å². The van der Waals surface area contributed by atoms with Crippen molar-refractivity contribution in [3.63, 3.8) is 0 Å². The van der Waals surface area contributed by atoms with E-state index < -0.39 is 11.7 Å². The number of nitrogens with zero attached hydrogens (tertiary/aromatic N) is 2. The Morgan fingerprint density at radius 2 is 1.87 bits per heavy atom. The highest BCUT2D eigenvalue weighted by Crippen LogP contribution is 2.30. The Morgan fingerprint density at radius 3 is 2.47 bits per heavy atom. The first kappa shape index (κ1) is 22.2. The van der Waals surface area contributed by atoms with Gasteiger partial charge in [-0.25, -0.2) is 14.2 Å². The van der Waals surface area contributed by atoms with E-state index in [0.29, 0.717) is 41.1 Å². The predicted octanol–water partition coefficient (Wildman–Crippen LogP) is 4.63.